The Kier molecular flexibility index (Phi) is 18.1. The highest BCUT2D eigenvalue weighted by molar-refractivity contribution is 5.73. The summed E-state index contributed by atoms with van der Waals surface area (Å²) in [4.78, 5) is 36.8. The minimum atomic E-state index is -0.680. The second-order valence-corrected chi connectivity index (χ2v) is 16.6. The molecule has 3 N–H and O–H groups in total. The summed E-state index contributed by atoms with van der Waals surface area (Å²) in [6.45, 7) is 16.4. The Hall–Kier alpha value is -5.25. The zero-order valence-corrected chi connectivity index (χ0v) is 37.4. The molecule has 0 aromatic heterocycles. The largest absolute Gasteiger partial charge is 0.444 e. The van der Waals surface area contributed by atoms with E-state index in [0.717, 1.165) is 34.4 Å². The fraction of sp³-hybridized carbons (Fsp3) is 0.449. The van der Waals surface area contributed by atoms with E-state index in [-0.39, 0.29) is 42.7 Å². The number of hydrogen-bond acceptors (Lipinski definition) is 9. The van der Waals surface area contributed by atoms with Gasteiger partial charge >= 0.3 is 6.09 Å². The molecule has 4 aromatic carbocycles. The first kappa shape index (κ1) is 48.8. The first-order valence-corrected chi connectivity index (χ1v) is 21.5. The predicted octanol–water partition coefficient (Wildman–Crippen LogP) is 7.61. The van der Waals surface area contributed by atoms with E-state index < -0.39 is 30.0 Å². The van der Waals surface area contributed by atoms with Gasteiger partial charge in [-0.25, -0.2) is 13.6 Å². The van der Waals surface area contributed by atoms with Gasteiger partial charge in [-0.15, -0.1) is 0 Å². The Balaban J connectivity index is 0.000000243. The second kappa shape index (κ2) is 23.4. The van der Waals surface area contributed by atoms with Crippen molar-refractivity contribution in [2.24, 2.45) is 0 Å². The fourth-order valence-corrected chi connectivity index (χ4v) is 7.52. The molecule has 2 aliphatic rings. The smallest absolute Gasteiger partial charge is 0.410 e. The lowest BCUT2D eigenvalue weighted by molar-refractivity contribution is -0.122. The summed E-state index contributed by atoms with van der Waals surface area (Å²) >= 11 is 0. The molecule has 0 spiro atoms. The van der Waals surface area contributed by atoms with E-state index in [1.54, 1.807) is 17.0 Å². The highest BCUT2D eigenvalue weighted by Crippen LogP contribution is 2.38. The third kappa shape index (κ3) is 14.7. The summed E-state index contributed by atoms with van der Waals surface area (Å²) < 4.78 is 60.0. The molecule has 12 nitrogen and oxygen atoms in total. The van der Waals surface area contributed by atoms with Gasteiger partial charge in [0.1, 0.15) is 41.7 Å². The highest BCUT2D eigenvalue weighted by atomic mass is 19.1. The van der Waals surface area contributed by atoms with Crippen LogP contribution in [0, 0.1) is 25.5 Å². The Bertz CT molecular complexity index is 2140. The topological polar surface area (TPSA) is 137 Å². The number of carbonyl (C=O) groups excluding carboxylic acids is 3. The van der Waals surface area contributed by atoms with Crippen molar-refractivity contribution < 1.29 is 46.8 Å². The van der Waals surface area contributed by atoms with Crippen LogP contribution in [0.4, 0.5) is 13.6 Å². The lowest BCUT2D eigenvalue weighted by Crippen LogP contribution is -2.49. The number of ether oxygens (including phenoxy) is 5. The first-order valence-electron chi connectivity index (χ1n) is 21.5. The van der Waals surface area contributed by atoms with Gasteiger partial charge in [0.15, 0.2) is 0 Å². The molecule has 2 fully saturated rings. The molecule has 63 heavy (non-hydrogen) atoms. The molecule has 4 atom stereocenters. The van der Waals surface area contributed by atoms with Crippen LogP contribution in [0.5, 0.6) is 0 Å². The van der Waals surface area contributed by atoms with E-state index in [1.807, 2.05) is 95.3 Å². The van der Waals surface area contributed by atoms with Gasteiger partial charge in [0.25, 0.3) is 0 Å². The average molecular weight is 873 g/mol. The molecule has 0 unspecified atom stereocenters. The van der Waals surface area contributed by atoms with Gasteiger partial charge in [0.05, 0.1) is 33.0 Å². The molecular weight excluding hydrogens is 811 g/mol. The van der Waals surface area contributed by atoms with Gasteiger partial charge in [-0.3, -0.25) is 9.59 Å². The molecule has 3 amide bonds. The van der Waals surface area contributed by atoms with Crippen molar-refractivity contribution in [2.75, 3.05) is 65.7 Å². The highest BCUT2D eigenvalue weighted by Gasteiger charge is 2.36. The normalized spacial score (nSPS) is 17.4. The van der Waals surface area contributed by atoms with Crippen LogP contribution in [-0.4, -0.2) is 106 Å². The Morgan fingerprint density at radius 3 is 1.70 bits per heavy atom. The number of carbonyl (C=O) groups is 3. The SMILES string of the molecule is CC(=O)NCCO[C@@H](c1cccc(F)c1-c1cccc(C)c1)[C@H]1CN(C(=O)OC(C)(C)C)CCO1.CC(=O)NCCO[C@@H](c1cccc(F)c1-c1cccc(C)c1)[C@H]1CNCCO1. The van der Waals surface area contributed by atoms with Crippen molar-refractivity contribution in [3.8, 4) is 22.3 Å². The van der Waals surface area contributed by atoms with Crippen molar-refractivity contribution in [2.45, 2.75) is 78.5 Å². The monoisotopic (exact) mass is 872 g/mol. The number of amides is 3. The van der Waals surface area contributed by atoms with Crippen molar-refractivity contribution >= 4 is 17.9 Å². The maximum absolute atomic E-state index is 15.2. The number of nitrogens with one attached hydrogen (secondary N) is 3. The standard InChI is InChI=1S/C27H35FN2O5.C22H27FN2O3/c1-18-8-6-9-20(16-18)24-21(10-7-11-22(24)28)25(34-14-12-29-19(2)31)23-17-30(13-15-33-23)26(32)35-27(3,4)5;1-15-5-3-6-17(13-15)21-18(7-4-8-19(21)23)22(20-14-24-9-11-27-20)28-12-10-25-16(2)26/h6-11,16,23,25H,12-15,17H2,1-5H3,(H,29,31);3-8,13,20,22,24H,9-12,14H2,1-2H3,(H,25,26)/t23-,25+;20-,22+/m11/s1. The number of aryl methyl sites for hydroxylation is 2. The van der Waals surface area contributed by atoms with Crippen molar-refractivity contribution in [3.05, 3.63) is 119 Å². The van der Waals surface area contributed by atoms with Crippen molar-refractivity contribution in [1.82, 2.24) is 20.9 Å². The number of hydrogen-bond donors (Lipinski definition) is 3. The fourth-order valence-electron chi connectivity index (χ4n) is 7.52. The molecule has 2 heterocycles. The summed E-state index contributed by atoms with van der Waals surface area (Å²) in [7, 11) is 0. The molecule has 340 valence electrons. The van der Waals surface area contributed by atoms with Crippen LogP contribution < -0.4 is 16.0 Å². The van der Waals surface area contributed by atoms with Crippen LogP contribution in [0.15, 0.2) is 84.9 Å². The molecular formula is C49H62F2N4O8. The third-order valence-electron chi connectivity index (χ3n) is 10.2. The molecule has 2 aliphatic heterocycles. The summed E-state index contributed by atoms with van der Waals surface area (Å²) in [6.07, 6.45) is -2.36. The van der Waals surface area contributed by atoms with E-state index >= 15 is 4.39 Å². The summed E-state index contributed by atoms with van der Waals surface area (Å²) in [6, 6.07) is 25.3. The molecule has 0 saturated carbocycles. The number of benzene rings is 4. The van der Waals surface area contributed by atoms with Crippen LogP contribution in [-0.2, 0) is 33.3 Å². The van der Waals surface area contributed by atoms with Gasteiger partial charge in [-0.1, -0.05) is 83.9 Å². The minimum absolute atomic E-state index is 0.109. The van der Waals surface area contributed by atoms with Crippen LogP contribution in [0.2, 0.25) is 0 Å². The summed E-state index contributed by atoms with van der Waals surface area (Å²) in [5.41, 5.74) is 5.32. The maximum Gasteiger partial charge on any atom is 0.410 e. The van der Waals surface area contributed by atoms with Crippen LogP contribution in [0.3, 0.4) is 0 Å². The number of halogens is 2. The van der Waals surface area contributed by atoms with Crippen LogP contribution in [0.1, 0.15) is 69.1 Å². The van der Waals surface area contributed by atoms with Crippen molar-refractivity contribution in [1.29, 1.82) is 0 Å². The molecule has 2 saturated heterocycles. The van der Waals surface area contributed by atoms with Gasteiger partial charge in [-0.2, -0.15) is 0 Å². The average Bonchev–Trinajstić information content (AvgIpc) is 3.23. The number of morpholine rings is 2. The Labute approximate surface area is 370 Å². The van der Waals surface area contributed by atoms with Crippen LogP contribution in [0.25, 0.3) is 22.3 Å². The molecule has 0 bridgehead atoms. The van der Waals surface area contributed by atoms with E-state index in [9.17, 15) is 18.8 Å². The zero-order valence-electron chi connectivity index (χ0n) is 37.4. The molecule has 6 rings (SSSR count). The van der Waals surface area contributed by atoms with E-state index in [4.69, 9.17) is 23.7 Å². The molecule has 4 aromatic rings. The lowest BCUT2D eigenvalue weighted by atomic mass is 9.92. The predicted molar refractivity (Wildman–Crippen MR) is 238 cm³/mol. The van der Waals surface area contributed by atoms with Gasteiger partial charge in [0, 0.05) is 57.7 Å². The Morgan fingerprint density at radius 1 is 0.746 bits per heavy atom. The van der Waals surface area contributed by atoms with Crippen LogP contribution >= 0.6 is 0 Å². The quantitative estimate of drug-likeness (QED) is 0.109. The lowest BCUT2D eigenvalue weighted by Gasteiger charge is -2.38. The maximum atomic E-state index is 15.2. The minimum Gasteiger partial charge on any atom is -0.444 e. The van der Waals surface area contributed by atoms with E-state index in [0.29, 0.717) is 62.7 Å². The summed E-state index contributed by atoms with van der Waals surface area (Å²) in [5, 5.41) is 8.74. The first-order chi connectivity index (χ1) is 30.1. The molecule has 0 aliphatic carbocycles. The third-order valence-corrected chi connectivity index (χ3v) is 10.2. The van der Waals surface area contributed by atoms with Gasteiger partial charge in [0.2, 0.25) is 11.8 Å². The Morgan fingerprint density at radius 2 is 1.24 bits per heavy atom. The molecule has 0 radical (unpaired) electrons. The zero-order chi connectivity index (χ0) is 45.5. The molecule has 14 heteroatoms. The van der Waals surface area contributed by atoms with E-state index in [1.165, 1.54) is 26.0 Å². The van der Waals surface area contributed by atoms with Gasteiger partial charge in [-0.05, 0) is 69.0 Å². The van der Waals surface area contributed by atoms with Crippen molar-refractivity contribution in [3.63, 3.8) is 0 Å². The number of rotatable bonds is 14. The number of nitrogens with zero attached hydrogens (tertiary/aromatic N) is 1. The summed E-state index contributed by atoms with van der Waals surface area (Å²) in [5.74, 6) is -0.936. The second-order valence-electron chi connectivity index (χ2n) is 16.6. The van der Waals surface area contributed by atoms with Gasteiger partial charge < -0.3 is 44.5 Å². The van der Waals surface area contributed by atoms with E-state index in [2.05, 4.69) is 16.0 Å².